The lowest BCUT2D eigenvalue weighted by atomic mass is 10.1. The van der Waals surface area contributed by atoms with Crippen molar-refractivity contribution in [3.05, 3.63) is 48.0 Å². The maximum atomic E-state index is 12.2. The fraction of sp³-hybridized carbons (Fsp3) is 0.316. The molecule has 0 spiro atoms. The van der Waals surface area contributed by atoms with Gasteiger partial charge >= 0.3 is 5.97 Å². The standard InChI is InChI=1S/C19H21NO3/c1-13(2)12-20-9-10-22-19(21)14-7-8-18-16(11-14)15-5-3-4-6-17(15)23-18/h3-8,11,13,20H,9-10,12H2,1-2H3. The summed E-state index contributed by atoms with van der Waals surface area (Å²) in [5.41, 5.74) is 2.15. The van der Waals surface area contributed by atoms with Crippen LogP contribution in [0.5, 0.6) is 0 Å². The van der Waals surface area contributed by atoms with Gasteiger partial charge in [-0.2, -0.15) is 0 Å². The van der Waals surface area contributed by atoms with E-state index < -0.39 is 0 Å². The van der Waals surface area contributed by atoms with Gasteiger partial charge < -0.3 is 14.5 Å². The summed E-state index contributed by atoms with van der Waals surface area (Å²) in [6.45, 7) is 6.24. The van der Waals surface area contributed by atoms with Gasteiger partial charge in [-0.15, -0.1) is 0 Å². The zero-order valence-corrected chi connectivity index (χ0v) is 13.5. The molecule has 0 amide bonds. The van der Waals surface area contributed by atoms with E-state index in [-0.39, 0.29) is 5.97 Å². The summed E-state index contributed by atoms with van der Waals surface area (Å²) in [7, 11) is 0. The predicted molar refractivity (Wildman–Crippen MR) is 91.7 cm³/mol. The Morgan fingerprint density at radius 2 is 1.91 bits per heavy atom. The summed E-state index contributed by atoms with van der Waals surface area (Å²) < 4.78 is 11.1. The highest BCUT2D eigenvalue weighted by Crippen LogP contribution is 2.29. The smallest absolute Gasteiger partial charge is 0.338 e. The van der Waals surface area contributed by atoms with E-state index in [1.807, 2.05) is 36.4 Å². The van der Waals surface area contributed by atoms with E-state index in [2.05, 4.69) is 19.2 Å². The van der Waals surface area contributed by atoms with Crippen molar-refractivity contribution in [3.8, 4) is 0 Å². The molecule has 0 unspecified atom stereocenters. The summed E-state index contributed by atoms with van der Waals surface area (Å²) >= 11 is 0. The number of fused-ring (bicyclic) bond motifs is 3. The van der Waals surface area contributed by atoms with Crippen LogP contribution in [0, 0.1) is 5.92 Å². The minimum Gasteiger partial charge on any atom is -0.461 e. The van der Waals surface area contributed by atoms with Gasteiger partial charge in [0.05, 0.1) is 5.56 Å². The van der Waals surface area contributed by atoms with E-state index in [0.717, 1.165) is 28.5 Å². The van der Waals surface area contributed by atoms with Crippen LogP contribution in [0.3, 0.4) is 0 Å². The number of nitrogens with one attached hydrogen (secondary N) is 1. The van der Waals surface area contributed by atoms with E-state index in [9.17, 15) is 4.79 Å². The predicted octanol–water partition coefficient (Wildman–Crippen LogP) is 3.99. The van der Waals surface area contributed by atoms with Crippen molar-refractivity contribution >= 4 is 27.9 Å². The molecule has 120 valence electrons. The van der Waals surface area contributed by atoms with Gasteiger partial charge in [-0.25, -0.2) is 4.79 Å². The summed E-state index contributed by atoms with van der Waals surface area (Å²) in [6.07, 6.45) is 0. The summed E-state index contributed by atoms with van der Waals surface area (Å²) in [5.74, 6) is 0.283. The first-order valence-corrected chi connectivity index (χ1v) is 7.94. The molecule has 1 N–H and O–H groups in total. The molecule has 0 aliphatic rings. The number of esters is 1. The van der Waals surface area contributed by atoms with Gasteiger partial charge in [0.25, 0.3) is 0 Å². The minimum absolute atomic E-state index is 0.302. The number of benzene rings is 2. The highest BCUT2D eigenvalue weighted by molar-refractivity contribution is 6.07. The zero-order valence-electron chi connectivity index (χ0n) is 13.5. The van der Waals surface area contributed by atoms with Crippen LogP contribution in [0.4, 0.5) is 0 Å². The van der Waals surface area contributed by atoms with Crippen LogP contribution >= 0.6 is 0 Å². The highest BCUT2D eigenvalue weighted by Gasteiger charge is 2.12. The van der Waals surface area contributed by atoms with Crippen LogP contribution in [0.25, 0.3) is 21.9 Å². The van der Waals surface area contributed by atoms with Gasteiger partial charge in [-0.1, -0.05) is 32.0 Å². The van der Waals surface area contributed by atoms with Crippen molar-refractivity contribution in [2.24, 2.45) is 5.92 Å². The average molecular weight is 311 g/mol. The first kappa shape index (κ1) is 15.6. The highest BCUT2D eigenvalue weighted by atomic mass is 16.5. The largest absolute Gasteiger partial charge is 0.461 e. The summed E-state index contributed by atoms with van der Waals surface area (Å²) in [6, 6.07) is 13.2. The van der Waals surface area contributed by atoms with Crippen molar-refractivity contribution in [1.82, 2.24) is 5.32 Å². The third-order valence-corrected chi connectivity index (χ3v) is 3.68. The Morgan fingerprint density at radius 1 is 1.13 bits per heavy atom. The summed E-state index contributed by atoms with van der Waals surface area (Å²) in [4.78, 5) is 12.2. The second-order valence-corrected chi connectivity index (χ2v) is 6.04. The Labute approximate surface area is 135 Å². The Hall–Kier alpha value is -2.33. The van der Waals surface area contributed by atoms with Gasteiger partial charge in [0.1, 0.15) is 17.8 Å². The molecule has 4 nitrogen and oxygen atoms in total. The molecule has 3 rings (SSSR count). The molecule has 0 saturated heterocycles. The molecule has 2 aromatic carbocycles. The molecule has 0 atom stereocenters. The second kappa shape index (κ2) is 6.84. The summed E-state index contributed by atoms with van der Waals surface area (Å²) in [5, 5.41) is 5.20. The van der Waals surface area contributed by atoms with Crippen LogP contribution < -0.4 is 5.32 Å². The van der Waals surface area contributed by atoms with Crippen molar-refractivity contribution in [2.45, 2.75) is 13.8 Å². The molecule has 0 aliphatic carbocycles. The van der Waals surface area contributed by atoms with Gasteiger partial charge in [-0.05, 0) is 36.7 Å². The average Bonchev–Trinajstić information content (AvgIpc) is 2.91. The van der Waals surface area contributed by atoms with Crippen LogP contribution in [0.1, 0.15) is 24.2 Å². The maximum absolute atomic E-state index is 12.2. The SMILES string of the molecule is CC(C)CNCCOC(=O)c1ccc2oc3ccccc3c2c1. The second-order valence-electron chi connectivity index (χ2n) is 6.04. The molecular weight excluding hydrogens is 290 g/mol. The normalized spacial score (nSPS) is 11.4. The lowest BCUT2D eigenvalue weighted by Gasteiger charge is -2.08. The number of para-hydroxylation sites is 1. The Balaban J connectivity index is 1.70. The van der Waals surface area contributed by atoms with Gasteiger partial charge in [0.15, 0.2) is 0 Å². The van der Waals surface area contributed by atoms with Gasteiger partial charge in [-0.3, -0.25) is 0 Å². The number of carbonyl (C=O) groups excluding carboxylic acids is 1. The van der Waals surface area contributed by atoms with E-state index >= 15 is 0 Å². The van der Waals surface area contributed by atoms with Crippen molar-refractivity contribution in [1.29, 1.82) is 0 Å². The van der Waals surface area contributed by atoms with Gasteiger partial charge in [0, 0.05) is 17.3 Å². The number of hydrogen-bond acceptors (Lipinski definition) is 4. The topological polar surface area (TPSA) is 51.5 Å². The zero-order chi connectivity index (χ0) is 16.2. The first-order chi connectivity index (χ1) is 11.1. The molecule has 3 aromatic rings. The molecule has 1 heterocycles. The van der Waals surface area contributed by atoms with Gasteiger partial charge in [0.2, 0.25) is 0 Å². The molecule has 4 heteroatoms. The van der Waals surface area contributed by atoms with E-state index in [4.69, 9.17) is 9.15 Å². The van der Waals surface area contributed by atoms with Crippen LogP contribution in [0.2, 0.25) is 0 Å². The Kier molecular flexibility index (Phi) is 4.63. The Bertz CT molecular complexity index is 820. The Morgan fingerprint density at radius 3 is 2.74 bits per heavy atom. The van der Waals surface area contributed by atoms with E-state index in [0.29, 0.717) is 24.6 Å². The molecule has 23 heavy (non-hydrogen) atoms. The number of rotatable bonds is 6. The number of ether oxygens (including phenoxy) is 1. The molecule has 0 aliphatic heterocycles. The molecular formula is C19H21NO3. The lowest BCUT2D eigenvalue weighted by Crippen LogP contribution is -2.25. The number of furan rings is 1. The van der Waals surface area contributed by atoms with Crippen molar-refractivity contribution < 1.29 is 13.9 Å². The quantitative estimate of drug-likeness (QED) is 0.552. The third kappa shape index (κ3) is 3.54. The number of hydrogen-bond donors (Lipinski definition) is 1. The minimum atomic E-state index is -0.302. The van der Waals surface area contributed by atoms with Crippen LogP contribution in [-0.2, 0) is 4.74 Å². The maximum Gasteiger partial charge on any atom is 0.338 e. The third-order valence-electron chi connectivity index (χ3n) is 3.68. The molecule has 0 fully saturated rings. The monoisotopic (exact) mass is 311 g/mol. The fourth-order valence-electron chi connectivity index (χ4n) is 2.54. The molecule has 0 bridgehead atoms. The van der Waals surface area contributed by atoms with Crippen molar-refractivity contribution in [3.63, 3.8) is 0 Å². The fourth-order valence-corrected chi connectivity index (χ4v) is 2.54. The molecule has 0 saturated carbocycles. The van der Waals surface area contributed by atoms with E-state index in [1.54, 1.807) is 6.07 Å². The van der Waals surface area contributed by atoms with Crippen LogP contribution in [0.15, 0.2) is 46.9 Å². The first-order valence-electron chi connectivity index (χ1n) is 7.94. The van der Waals surface area contributed by atoms with Crippen LogP contribution in [-0.4, -0.2) is 25.7 Å². The molecule has 1 aromatic heterocycles. The van der Waals surface area contributed by atoms with E-state index in [1.165, 1.54) is 0 Å². The number of carbonyl (C=O) groups is 1. The lowest BCUT2D eigenvalue weighted by molar-refractivity contribution is 0.0508. The van der Waals surface area contributed by atoms with Crippen molar-refractivity contribution in [2.75, 3.05) is 19.7 Å². The molecule has 0 radical (unpaired) electrons.